The average molecular weight is 207 g/mol. The van der Waals surface area contributed by atoms with E-state index in [0.29, 0.717) is 5.69 Å². The second kappa shape index (κ2) is 4.23. The molecular weight excluding hydrogens is 199 g/mol. The van der Waals surface area contributed by atoms with Crippen LogP contribution in [0.2, 0.25) is 0 Å². The summed E-state index contributed by atoms with van der Waals surface area (Å²) in [6.45, 7) is -1.52. The monoisotopic (exact) mass is 207 g/mol. The van der Waals surface area contributed by atoms with E-state index in [-0.39, 0.29) is 12.4 Å². The summed E-state index contributed by atoms with van der Waals surface area (Å²) >= 11 is 0. The summed E-state index contributed by atoms with van der Waals surface area (Å²) in [5.41, 5.74) is 5.54. The lowest BCUT2D eigenvalue weighted by atomic mass is 10.5. The first-order chi connectivity index (χ1) is 6.47. The van der Waals surface area contributed by atoms with Gasteiger partial charge in [0.25, 0.3) is 0 Å². The van der Waals surface area contributed by atoms with Crippen LogP contribution in [-0.4, -0.2) is 22.8 Å². The first-order valence-corrected chi connectivity index (χ1v) is 3.68. The highest BCUT2D eigenvalue weighted by Crippen LogP contribution is 2.15. The molecule has 0 aromatic carbocycles. The van der Waals surface area contributed by atoms with Crippen molar-refractivity contribution in [2.45, 2.75) is 12.8 Å². The molecule has 0 bridgehead atoms. The summed E-state index contributed by atoms with van der Waals surface area (Å²) in [5, 5.41) is 0. The summed E-state index contributed by atoms with van der Waals surface area (Å²) in [5.74, 6) is 0.213. The topological polar surface area (TPSA) is 61.0 Å². The minimum Gasteiger partial charge on any atom is -0.382 e. The van der Waals surface area contributed by atoms with Gasteiger partial charge in [0.2, 0.25) is 0 Å². The van der Waals surface area contributed by atoms with E-state index in [0.717, 1.165) is 0 Å². The number of nitrogens with zero attached hydrogens (tertiary/aromatic N) is 2. The number of anilines is 1. The van der Waals surface area contributed by atoms with Gasteiger partial charge in [0.05, 0.1) is 24.7 Å². The number of ether oxygens (including phenoxy) is 1. The molecule has 78 valence electrons. The standard InChI is InChI=1S/C7H8F3N3O/c8-7(9,10)4-14-3-5-1-13-6(11)2-12-5/h1-2H,3-4H2,(H2,11,13). The molecule has 1 rings (SSSR count). The molecule has 14 heavy (non-hydrogen) atoms. The largest absolute Gasteiger partial charge is 0.411 e. The van der Waals surface area contributed by atoms with Crippen LogP contribution in [0.1, 0.15) is 5.69 Å². The van der Waals surface area contributed by atoms with Gasteiger partial charge in [0.15, 0.2) is 0 Å². The van der Waals surface area contributed by atoms with Crippen molar-refractivity contribution in [3.8, 4) is 0 Å². The van der Waals surface area contributed by atoms with Crippen LogP contribution >= 0.6 is 0 Å². The first kappa shape index (κ1) is 10.7. The van der Waals surface area contributed by atoms with E-state index in [9.17, 15) is 13.2 Å². The molecule has 2 N–H and O–H groups in total. The highest BCUT2D eigenvalue weighted by molar-refractivity contribution is 5.22. The van der Waals surface area contributed by atoms with Gasteiger partial charge in [-0.1, -0.05) is 0 Å². The number of halogens is 3. The van der Waals surface area contributed by atoms with Crippen LogP contribution in [0.25, 0.3) is 0 Å². The molecular formula is C7H8F3N3O. The number of alkyl halides is 3. The maximum atomic E-state index is 11.6. The van der Waals surface area contributed by atoms with Gasteiger partial charge in [-0.05, 0) is 0 Å². The van der Waals surface area contributed by atoms with Gasteiger partial charge in [0, 0.05) is 0 Å². The summed E-state index contributed by atoms with van der Waals surface area (Å²) in [4.78, 5) is 7.37. The smallest absolute Gasteiger partial charge is 0.382 e. The number of hydrogen-bond donors (Lipinski definition) is 1. The van der Waals surface area contributed by atoms with Crippen molar-refractivity contribution in [1.29, 1.82) is 0 Å². The van der Waals surface area contributed by atoms with E-state index in [1.807, 2.05) is 0 Å². The lowest BCUT2D eigenvalue weighted by Gasteiger charge is -2.06. The Kier molecular flexibility index (Phi) is 3.23. The van der Waals surface area contributed by atoms with Gasteiger partial charge >= 0.3 is 6.18 Å². The van der Waals surface area contributed by atoms with Gasteiger partial charge in [-0.3, -0.25) is 4.98 Å². The molecule has 0 unspecified atom stereocenters. The zero-order valence-electron chi connectivity index (χ0n) is 7.08. The molecule has 0 amide bonds. The van der Waals surface area contributed by atoms with Gasteiger partial charge in [-0.15, -0.1) is 0 Å². The molecule has 0 spiro atoms. The fourth-order valence-electron chi connectivity index (χ4n) is 0.711. The molecule has 0 saturated heterocycles. The second-order valence-electron chi connectivity index (χ2n) is 2.54. The lowest BCUT2D eigenvalue weighted by molar-refractivity contribution is -0.176. The van der Waals surface area contributed by atoms with Crippen molar-refractivity contribution < 1.29 is 17.9 Å². The average Bonchev–Trinajstić information content (AvgIpc) is 2.06. The van der Waals surface area contributed by atoms with Crippen LogP contribution in [0, 0.1) is 0 Å². The lowest BCUT2D eigenvalue weighted by Crippen LogP contribution is -2.17. The Labute approximate surface area is 77.9 Å². The minimum atomic E-state index is -4.32. The molecule has 0 aliphatic carbocycles. The normalized spacial score (nSPS) is 11.6. The third kappa shape index (κ3) is 4.04. The molecule has 1 heterocycles. The molecule has 0 radical (unpaired) electrons. The Morgan fingerprint density at radius 3 is 2.50 bits per heavy atom. The molecule has 1 aromatic heterocycles. The van der Waals surface area contributed by atoms with Crippen molar-refractivity contribution in [1.82, 2.24) is 9.97 Å². The van der Waals surface area contributed by atoms with Crippen LogP contribution in [-0.2, 0) is 11.3 Å². The first-order valence-electron chi connectivity index (χ1n) is 3.68. The molecule has 0 atom stereocenters. The number of nitrogens with two attached hydrogens (primary N) is 1. The van der Waals surface area contributed by atoms with E-state index in [2.05, 4.69) is 14.7 Å². The zero-order valence-corrected chi connectivity index (χ0v) is 7.08. The highest BCUT2D eigenvalue weighted by Gasteiger charge is 2.27. The molecule has 1 aromatic rings. The van der Waals surface area contributed by atoms with Gasteiger partial charge in [-0.2, -0.15) is 13.2 Å². The molecule has 0 saturated carbocycles. The van der Waals surface area contributed by atoms with Gasteiger partial charge in [-0.25, -0.2) is 4.98 Å². The molecule has 4 nitrogen and oxygen atoms in total. The van der Waals surface area contributed by atoms with Crippen LogP contribution in [0.5, 0.6) is 0 Å². The van der Waals surface area contributed by atoms with E-state index >= 15 is 0 Å². The van der Waals surface area contributed by atoms with Crippen molar-refractivity contribution in [3.63, 3.8) is 0 Å². The predicted octanol–water partition coefficient (Wildman–Crippen LogP) is 1.14. The maximum absolute atomic E-state index is 11.6. The number of hydrogen-bond acceptors (Lipinski definition) is 4. The SMILES string of the molecule is Nc1cnc(COCC(F)(F)F)cn1. The Morgan fingerprint density at radius 2 is 2.00 bits per heavy atom. The highest BCUT2D eigenvalue weighted by atomic mass is 19.4. The van der Waals surface area contributed by atoms with Crippen LogP contribution in [0.3, 0.4) is 0 Å². The molecule has 0 aliphatic heterocycles. The third-order valence-corrected chi connectivity index (χ3v) is 1.24. The fourth-order valence-corrected chi connectivity index (χ4v) is 0.711. The van der Waals surface area contributed by atoms with Crippen LogP contribution in [0.4, 0.5) is 19.0 Å². The van der Waals surface area contributed by atoms with E-state index in [1.54, 1.807) is 0 Å². The van der Waals surface area contributed by atoms with Crippen LogP contribution in [0.15, 0.2) is 12.4 Å². The number of nitrogen functional groups attached to an aromatic ring is 1. The predicted molar refractivity (Wildman–Crippen MR) is 42.2 cm³/mol. The quantitative estimate of drug-likeness (QED) is 0.807. The Balaban J connectivity index is 2.35. The summed E-state index contributed by atoms with van der Waals surface area (Å²) in [6, 6.07) is 0. The third-order valence-electron chi connectivity index (χ3n) is 1.24. The van der Waals surface area contributed by atoms with E-state index in [1.165, 1.54) is 12.4 Å². The van der Waals surface area contributed by atoms with E-state index < -0.39 is 12.8 Å². The Bertz CT molecular complexity index is 285. The van der Waals surface area contributed by atoms with Crippen LogP contribution < -0.4 is 5.73 Å². The van der Waals surface area contributed by atoms with Crippen molar-refractivity contribution >= 4 is 5.82 Å². The van der Waals surface area contributed by atoms with Gasteiger partial charge < -0.3 is 10.5 Å². The zero-order chi connectivity index (χ0) is 10.6. The fraction of sp³-hybridized carbons (Fsp3) is 0.429. The Morgan fingerprint density at radius 1 is 1.29 bits per heavy atom. The van der Waals surface area contributed by atoms with Crippen molar-refractivity contribution in [2.24, 2.45) is 0 Å². The van der Waals surface area contributed by atoms with E-state index in [4.69, 9.17) is 5.73 Å². The summed E-state index contributed by atoms with van der Waals surface area (Å²) in [7, 11) is 0. The molecule has 0 aliphatic rings. The maximum Gasteiger partial charge on any atom is 0.411 e. The van der Waals surface area contributed by atoms with Gasteiger partial charge in [0.1, 0.15) is 12.4 Å². The molecule has 7 heteroatoms. The Hall–Kier alpha value is -1.37. The molecule has 0 fully saturated rings. The number of aromatic nitrogens is 2. The minimum absolute atomic E-state index is 0.213. The van der Waals surface area contributed by atoms with Crippen molar-refractivity contribution in [2.75, 3.05) is 12.3 Å². The summed E-state index contributed by atoms with van der Waals surface area (Å²) in [6.07, 6.45) is -1.79. The summed E-state index contributed by atoms with van der Waals surface area (Å²) < 4.78 is 39.3. The number of rotatable bonds is 3. The second-order valence-corrected chi connectivity index (χ2v) is 2.54. The van der Waals surface area contributed by atoms with Crippen molar-refractivity contribution in [3.05, 3.63) is 18.1 Å².